The molecule has 1 atom stereocenters. The van der Waals surface area contributed by atoms with Gasteiger partial charge < -0.3 is 9.64 Å². The van der Waals surface area contributed by atoms with Crippen LogP contribution >= 0.6 is 11.3 Å². The number of piperidine rings is 1. The van der Waals surface area contributed by atoms with E-state index in [0.717, 1.165) is 17.8 Å². The van der Waals surface area contributed by atoms with Gasteiger partial charge >= 0.3 is 0 Å². The van der Waals surface area contributed by atoms with E-state index in [1.165, 1.54) is 16.4 Å². The first kappa shape index (κ1) is 19.5. The van der Waals surface area contributed by atoms with Crippen molar-refractivity contribution >= 4 is 27.3 Å². The van der Waals surface area contributed by atoms with Gasteiger partial charge in [-0.2, -0.15) is 4.31 Å². The molecule has 7 nitrogen and oxygen atoms in total. The monoisotopic (exact) mass is 421 g/mol. The second kappa shape index (κ2) is 8.28. The predicted molar refractivity (Wildman–Crippen MR) is 106 cm³/mol. The highest BCUT2D eigenvalue weighted by atomic mass is 32.2. The van der Waals surface area contributed by atoms with Crippen LogP contribution < -0.4 is 0 Å². The van der Waals surface area contributed by atoms with Crippen LogP contribution in [0.3, 0.4) is 0 Å². The van der Waals surface area contributed by atoms with Gasteiger partial charge in [-0.05, 0) is 37.1 Å². The van der Waals surface area contributed by atoms with Crippen molar-refractivity contribution in [3.05, 3.63) is 46.4 Å². The number of benzene rings is 1. The highest BCUT2D eigenvalue weighted by Crippen LogP contribution is 2.29. The number of rotatable bonds is 4. The molecule has 2 aliphatic heterocycles. The second-order valence-electron chi connectivity index (χ2n) is 7.00. The topological polar surface area (TPSA) is 79.8 Å². The highest BCUT2D eigenvalue weighted by Gasteiger charge is 2.29. The van der Waals surface area contributed by atoms with Gasteiger partial charge in [0, 0.05) is 49.2 Å². The lowest BCUT2D eigenvalue weighted by atomic mass is 9.98. The number of ether oxygens (including phenoxy) is 1. The van der Waals surface area contributed by atoms with Gasteiger partial charge in [-0.3, -0.25) is 4.79 Å². The zero-order chi connectivity index (χ0) is 19.6. The number of likely N-dealkylation sites (tertiary alicyclic amines) is 1. The maximum atomic E-state index is 12.9. The molecule has 0 N–H and O–H groups in total. The fraction of sp³-hybridized carbons (Fsp3) is 0.474. The number of carbonyl (C=O) groups is 1. The average molecular weight is 422 g/mol. The molecule has 28 heavy (non-hydrogen) atoms. The summed E-state index contributed by atoms with van der Waals surface area (Å²) < 4.78 is 32.1. The van der Waals surface area contributed by atoms with E-state index in [1.54, 1.807) is 29.7 Å². The molecule has 2 aliphatic rings. The summed E-state index contributed by atoms with van der Waals surface area (Å²) in [5, 5.41) is 3.04. The minimum absolute atomic E-state index is 0.0587. The lowest BCUT2D eigenvalue weighted by molar-refractivity contribution is 0.0707. The Kier molecular flexibility index (Phi) is 5.77. The van der Waals surface area contributed by atoms with Crippen LogP contribution in [0.2, 0.25) is 0 Å². The first-order chi connectivity index (χ1) is 13.6. The smallest absolute Gasteiger partial charge is 0.253 e. The fourth-order valence-electron chi connectivity index (χ4n) is 3.69. The Morgan fingerprint density at radius 3 is 2.57 bits per heavy atom. The molecular formula is C19H23N3O4S2. The Morgan fingerprint density at radius 2 is 1.89 bits per heavy atom. The van der Waals surface area contributed by atoms with Crippen molar-refractivity contribution in [1.82, 2.24) is 14.2 Å². The highest BCUT2D eigenvalue weighted by molar-refractivity contribution is 7.89. The van der Waals surface area contributed by atoms with E-state index in [-0.39, 0.29) is 16.7 Å². The van der Waals surface area contributed by atoms with Gasteiger partial charge in [0.05, 0.1) is 23.1 Å². The van der Waals surface area contributed by atoms with Gasteiger partial charge in [-0.15, -0.1) is 11.3 Å². The van der Waals surface area contributed by atoms with Crippen LogP contribution in [0.15, 0.2) is 40.7 Å². The van der Waals surface area contributed by atoms with Gasteiger partial charge in [0.15, 0.2) is 0 Å². The Morgan fingerprint density at radius 1 is 1.14 bits per heavy atom. The van der Waals surface area contributed by atoms with Crippen LogP contribution in [0.1, 0.15) is 34.1 Å². The van der Waals surface area contributed by atoms with Crippen LogP contribution in [0.4, 0.5) is 0 Å². The molecule has 2 aromatic rings. The first-order valence-corrected chi connectivity index (χ1v) is 11.7. The summed E-state index contributed by atoms with van der Waals surface area (Å²) in [6, 6.07) is 6.28. The normalized spacial score (nSPS) is 21.6. The van der Waals surface area contributed by atoms with E-state index < -0.39 is 10.0 Å². The van der Waals surface area contributed by atoms with Crippen LogP contribution in [0.25, 0.3) is 0 Å². The van der Waals surface area contributed by atoms with Gasteiger partial charge in [0.25, 0.3) is 5.91 Å². The van der Waals surface area contributed by atoms with Gasteiger partial charge in [0.2, 0.25) is 10.0 Å². The number of aromatic nitrogens is 1. The predicted octanol–water partition coefficient (Wildman–Crippen LogP) is 2.18. The number of carbonyl (C=O) groups excluding carboxylic acids is 1. The quantitative estimate of drug-likeness (QED) is 0.756. The molecule has 0 spiro atoms. The van der Waals surface area contributed by atoms with Crippen molar-refractivity contribution in [2.75, 3.05) is 39.4 Å². The van der Waals surface area contributed by atoms with E-state index >= 15 is 0 Å². The van der Waals surface area contributed by atoms with E-state index in [0.29, 0.717) is 45.0 Å². The van der Waals surface area contributed by atoms with Crippen LogP contribution in [-0.4, -0.2) is 67.9 Å². The molecule has 150 valence electrons. The van der Waals surface area contributed by atoms with Crippen LogP contribution in [0, 0.1) is 0 Å². The van der Waals surface area contributed by atoms with Crippen molar-refractivity contribution in [2.45, 2.75) is 23.7 Å². The molecular weight excluding hydrogens is 398 g/mol. The molecule has 0 radical (unpaired) electrons. The number of thiazole rings is 1. The molecule has 1 aromatic heterocycles. The van der Waals surface area contributed by atoms with Gasteiger partial charge in [0.1, 0.15) is 0 Å². The summed E-state index contributed by atoms with van der Waals surface area (Å²) in [6.45, 7) is 2.90. The fourth-order valence-corrected chi connectivity index (χ4v) is 5.86. The molecule has 4 rings (SSSR count). The zero-order valence-corrected chi connectivity index (χ0v) is 17.1. The molecule has 1 aromatic carbocycles. The number of morpholine rings is 1. The number of hydrogen-bond donors (Lipinski definition) is 0. The van der Waals surface area contributed by atoms with E-state index in [2.05, 4.69) is 4.98 Å². The average Bonchev–Trinajstić information content (AvgIpc) is 3.29. The lowest BCUT2D eigenvalue weighted by Gasteiger charge is -2.32. The Bertz CT molecular complexity index is 907. The van der Waals surface area contributed by atoms with Crippen molar-refractivity contribution < 1.29 is 17.9 Å². The maximum absolute atomic E-state index is 12.9. The number of nitrogens with zero attached hydrogens (tertiary/aromatic N) is 3. The van der Waals surface area contributed by atoms with Gasteiger partial charge in [-0.25, -0.2) is 13.4 Å². The van der Waals surface area contributed by atoms with Crippen molar-refractivity contribution in [3.63, 3.8) is 0 Å². The molecule has 0 bridgehead atoms. The molecule has 1 unspecified atom stereocenters. The summed E-state index contributed by atoms with van der Waals surface area (Å²) in [5.41, 5.74) is 0.515. The Balaban J connectivity index is 1.46. The number of hydrogen-bond acceptors (Lipinski definition) is 6. The minimum Gasteiger partial charge on any atom is -0.379 e. The molecule has 1 amide bonds. The number of amides is 1. The first-order valence-electron chi connectivity index (χ1n) is 9.42. The summed E-state index contributed by atoms with van der Waals surface area (Å²) >= 11 is 1.63. The summed E-state index contributed by atoms with van der Waals surface area (Å²) in [7, 11) is -3.55. The molecule has 0 saturated carbocycles. The molecule has 2 saturated heterocycles. The molecule has 2 fully saturated rings. The van der Waals surface area contributed by atoms with Crippen molar-refractivity contribution in [1.29, 1.82) is 0 Å². The van der Waals surface area contributed by atoms with Crippen LogP contribution in [0.5, 0.6) is 0 Å². The molecule has 9 heteroatoms. The SMILES string of the molecule is O=C(c1ccc(S(=O)(=O)N2CCOCC2)cc1)N1CCCC(c2nccs2)C1. The molecule has 0 aliphatic carbocycles. The van der Waals surface area contributed by atoms with Gasteiger partial charge in [-0.1, -0.05) is 0 Å². The third-order valence-corrected chi connectivity index (χ3v) is 8.07. The summed E-state index contributed by atoms with van der Waals surface area (Å²) in [4.78, 5) is 19.4. The largest absolute Gasteiger partial charge is 0.379 e. The second-order valence-corrected chi connectivity index (χ2v) is 9.87. The minimum atomic E-state index is -3.55. The van der Waals surface area contributed by atoms with E-state index in [9.17, 15) is 13.2 Å². The lowest BCUT2D eigenvalue weighted by Crippen LogP contribution is -2.40. The Labute approximate surface area is 169 Å². The van der Waals surface area contributed by atoms with Crippen molar-refractivity contribution in [2.24, 2.45) is 0 Å². The summed E-state index contributed by atoms with van der Waals surface area (Å²) in [5.74, 6) is 0.218. The third-order valence-electron chi connectivity index (χ3n) is 5.22. The molecule has 3 heterocycles. The number of sulfonamides is 1. The zero-order valence-electron chi connectivity index (χ0n) is 15.5. The third kappa shape index (κ3) is 3.98. The Hall–Kier alpha value is -1.81. The standard InChI is InChI=1S/C19H23N3O4S2/c23-19(21-8-1-2-16(14-21)18-20-7-13-27-18)15-3-5-17(6-4-15)28(24,25)22-9-11-26-12-10-22/h3-7,13,16H,1-2,8-12,14H2. The van der Waals surface area contributed by atoms with Crippen molar-refractivity contribution in [3.8, 4) is 0 Å². The maximum Gasteiger partial charge on any atom is 0.253 e. The summed E-state index contributed by atoms with van der Waals surface area (Å²) in [6.07, 6.45) is 3.78. The van der Waals surface area contributed by atoms with E-state index in [1.807, 2.05) is 10.3 Å². The van der Waals surface area contributed by atoms with Crippen LogP contribution in [-0.2, 0) is 14.8 Å². The van der Waals surface area contributed by atoms with E-state index in [4.69, 9.17) is 4.74 Å².